The summed E-state index contributed by atoms with van der Waals surface area (Å²) in [5.41, 5.74) is 0.921. The van der Waals surface area contributed by atoms with Gasteiger partial charge in [0.1, 0.15) is 0 Å². The van der Waals surface area contributed by atoms with E-state index in [0.717, 1.165) is 16.5 Å². The van der Waals surface area contributed by atoms with E-state index in [9.17, 15) is 4.79 Å². The lowest BCUT2D eigenvalue weighted by Gasteiger charge is -2.10. The van der Waals surface area contributed by atoms with Crippen molar-refractivity contribution >= 4 is 41.7 Å². The molecule has 1 heterocycles. The number of ether oxygens (including phenoxy) is 3. The van der Waals surface area contributed by atoms with Crippen LogP contribution in [0.15, 0.2) is 18.2 Å². The minimum absolute atomic E-state index is 0.329. The third-order valence-electron chi connectivity index (χ3n) is 3.20. The number of esters is 1. The van der Waals surface area contributed by atoms with Crippen LogP contribution in [0.5, 0.6) is 11.5 Å². The van der Waals surface area contributed by atoms with Gasteiger partial charge in [0.05, 0.1) is 30.2 Å². The Morgan fingerprint density at radius 2 is 2.12 bits per heavy atom. The highest BCUT2D eigenvalue weighted by atomic mass is 32.1. The fourth-order valence-corrected chi connectivity index (χ4v) is 3.28. The molecule has 0 saturated carbocycles. The van der Waals surface area contributed by atoms with E-state index >= 15 is 0 Å². The molecule has 0 radical (unpaired) electrons. The molecule has 1 aromatic heterocycles. The normalized spacial score (nSPS) is 12.3. The first-order valence-corrected chi connectivity index (χ1v) is 9.20. The van der Waals surface area contributed by atoms with Crippen LogP contribution in [0.2, 0.25) is 0 Å². The first kappa shape index (κ1) is 19.2. The van der Waals surface area contributed by atoms with Crippen LogP contribution in [-0.2, 0) is 9.53 Å². The second-order valence-corrected chi connectivity index (χ2v) is 6.81. The SMILES string of the molecule is CCCOc1ccc(/C=c2\sc(=S)[nH]\c2=C/C(=O)OCC)cc1OC. The monoisotopic (exact) mass is 379 g/mol. The Bertz CT molecular complexity index is 899. The van der Waals surface area contributed by atoms with Gasteiger partial charge in [-0.2, -0.15) is 0 Å². The fraction of sp³-hybridized carbons (Fsp3) is 0.333. The molecule has 0 amide bonds. The van der Waals surface area contributed by atoms with E-state index in [4.69, 9.17) is 26.4 Å². The average molecular weight is 380 g/mol. The van der Waals surface area contributed by atoms with Crippen LogP contribution in [-0.4, -0.2) is 31.3 Å². The highest BCUT2D eigenvalue weighted by Gasteiger charge is 2.05. The number of hydrogen-bond donors (Lipinski definition) is 1. The molecule has 7 heteroatoms. The number of carbonyl (C=O) groups is 1. The van der Waals surface area contributed by atoms with E-state index in [1.165, 1.54) is 17.4 Å². The van der Waals surface area contributed by atoms with Gasteiger partial charge in [-0.3, -0.25) is 0 Å². The quantitative estimate of drug-likeness (QED) is 0.592. The molecule has 0 aliphatic carbocycles. The van der Waals surface area contributed by atoms with Crippen molar-refractivity contribution in [3.05, 3.63) is 37.6 Å². The van der Waals surface area contributed by atoms with Crippen LogP contribution in [0.25, 0.3) is 12.2 Å². The molecule has 2 aromatic rings. The molecule has 1 N–H and O–H groups in total. The molecule has 0 atom stereocenters. The van der Waals surface area contributed by atoms with E-state index < -0.39 is 5.97 Å². The zero-order valence-corrected chi connectivity index (χ0v) is 16.1. The van der Waals surface area contributed by atoms with Crippen molar-refractivity contribution in [3.8, 4) is 11.5 Å². The van der Waals surface area contributed by atoms with Crippen LogP contribution in [0.1, 0.15) is 25.8 Å². The third kappa shape index (κ3) is 5.44. The summed E-state index contributed by atoms with van der Waals surface area (Å²) in [6, 6.07) is 5.70. The number of nitrogens with one attached hydrogen (secondary N) is 1. The van der Waals surface area contributed by atoms with Gasteiger partial charge in [0.25, 0.3) is 0 Å². The smallest absolute Gasteiger partial charge is 0.332 e. The minimum Gasteiger partial charge on any atom is -0.493 e. The van der Waals surface area contributed by atoms with Crippen LogP contribution >= 0.6 is 23.6 Å². The summed E-state index contributed by atoms with van der Waals surface area (Å²) in [5.74, 6) is 0.973. The maximum absolute atomic E-state index is 11.7. The van der Waals surface area contributed by atoms with Gasteiger partial charge in [-0.15, -0.1) is 11.3 Å². The predicted octanol–water partition coefficient (Wildman–Crippen LogP) is 2.78. The number of thiazole rings is 1. The number of H-pyrrole nitrogens is 1. The number of benzene rings is 1. The van der Waals surface area contributed by atoms with Crippen LogP contribution in [0, 0.1) is 3.95 Å². The molecule has 134 valence electrons. The molecule has 25 heavy (non-hydrogen) atoms. The molecule has 0 bridgehead atoms. The molecule has 0 aliphatic rings. The highest BCUT2D eigenvalue weighted by Crippen LogP contribution is 2.28. The van der Waals surface area contributed by atoms with Gasteiger partial charge in [0, 0.05) is 6.08 Å². The maximum atomic E-state index is 11.7. The lowest BCUT2D eigenvalue weighted by atomic mass is 10.2. The molecule has 0 unspecified atom stereocenters. The van der Waals surface area contributed by atoms with Crippen LogP contribution < -0.4 is 19.4 Å². The van der Waals surface area contributed by atoms with Gasteiger partial charge in [-0.1, -0.05) is 13.0 Å². The third-order valence-corrected chi connectivity index (χ3v) is 4.40. The van der Waals surface area contributed by atoms with E-state index in [-0.39, 0.29) is 0 Å². The Balaban J connectivity index is 2.44. The molecular weight excluding hydrogens is 358 g/mol. The molecule has 0 spiro atoms. The molecule has 0 saturated heterocycles. The van der Waals surface area contributed by atoms with E-state index in [1.807, 2.05) is 24.3 Å². The number of methoxy groups -OCH3 is 1. The van der Waals surface area contributed by atoms with Crippen LogP contribution in [0.4, 0.5) is 0 Å². The zero-order valence-electron chi connectivity index (χ0n) is 14.5. The van der Waals surface area contributed by atoms with Gasteiger partial charge in [0.2, 0.25) is 0 Å². The minimum atomic E-state index is -0.401. The van der Waals surface area contributed by atoms with Crippen molar-refractivity contribution in [3.63, 3.8) is 0 Å². The van der Waals surface area contributed by atoms with Crippen molar-refractivity contribution in [2.24, 2.45) is 0 Å². The van der Waals surface area contributed by atoms with Gasteiger partial charge in [-0.25, -0.2) is 4.79 Å². The standard InChI is InChI=1S/C18H21NO4S2/c1-4-8-23-14-7-6-12(9-15(14)21-3)10-16-13(19-18(24)25-16)11-17(20)22-5-2/h6-7,9-11H,4-5,8H2,1-3H3,(H,19,24)/b13-11-,16-10-. The summed E-state index contributed by atoms with van der Waals surface area (Å²) in [6.45, 7) is 4.78. The topological polar surface area (TPSA) is 60.6 Å². The first-order chi connectivity index (χ1) is 12.1. The molecular formula is C18H21NO4S2. The van der Waals surface area contributed by atoms with Gasteiger partial charge >= 0.3 is 5.97 Å². The molecule has 0 fully saturated rings. The second kappa shape index (κ2) is 9.39. The Labute approximate surface area is 155 Å². The van der Waals surface area contributed by atoms with E-state index in [1.54, 1.807) is 14.0 Å². The lowest BCUT2D eigenvalue weighted by Crippen LogP contribution is -2.23. The van der Waals surface area contributed by atoms with E-state index in [2.05, 4.69) is 11.9 Å². The van der Waals surface area contributed by atoms with Crippen molar-refractivity contribution in [1.29, 1.82) is 0 Å². The predicted molar refractivity (Wildman–Crippen MR) is 102 cm³/mol. The summed E-state index contributed by atoms with van der Waals surface area (Å²) in [4.78, 5) is 14.7. The Morgan fingerprint density at radius 3 is 2.80 bits per heavy atom. The summed E-state index contributed by atoms with van der Waals surface area (Å²) < 4.78 is 17.5. The summed E-state index contributed by atoms with van der Waals surface area (Å²) in [6.07, 6.45) is 4.28. The Kier molecular flexibility index (Phi) is 7.21. The Morgan fingerprint density at radius 1 is 1.32 bits per heavy atom. The van der Waals surface area contributed by atoms with E-state index in [0.29, 0.717) is 34.0 Å². The number of aromatic nitrogens is 1. The molecule has 2 rings (SSSR count). The van der Waals surface area contributed by atoms with Gasteiger partial charge in [-0.05, 0) is 49.3 Å². The number of carbonyl (C=O) groups excluding carboxylic acids is 1. The van der Waals surface area contributed by atoms with Gasteiger partial charge < -0.3 is 19.2 Å². The molecule has 1 aromatic carbocycles. The lowest BCUT2D eigenvalue weighted by molar-refractivity contribution is -0.135. The highest BCUT2D eigenvalue weighted by molar-refractivity contribution is 7.73. The van der Waals surface area contributed by atoms with Crippen molar-refractivity contribution in [2.45, 2.75) is 20.3 Å². The largest absolute Gasteiger partial charge is 0.493 e. The maximum Gasteiger partial charge on any atom is 0.332 e. The van der Waals surface area contributed by atoms with Crippen molar-refractivity contribution < 1.29 is 19.0 Å². The van der Waals surface area contributed by atoms with Crippen LogP contribution in [0.3, 0.4) is 0 Å². The summed E-state index contributed by atoms with van der Waals surface area (Å²) >= 11 is 6.59. The fourth-order valence-electron chi connectivity index (χ4n) is 2.12. The molecule has 5 nitrogen and oxygen atoms in total. The van der Waals surface area contributed by atoms with Crippen molar-refractivity contribution in [2.75, 3.05) is 20.3 Å². The average Bonchev–Trinajstić information content (AvgIpc) is 2.92. The first-order valence-electron chi connectivity index (χ1n) is 7.97. The van der Waals surface area contributed by atoms with Gasteiger partial charge in [0.15, 0.2) is 15.5 Å². The second-order valence-electron chi connectivity index (χ2n) is 5.09. The summed E-state index contributed by atoms with van der Waals surface area (Å²) in [5, 5.41) is 0.638. The van der Waals surface area contributed by atoms with Crippen molar-refractivity contribution in [1.82, 2.24) is 4.98 Å². The number of aromatic amines is 1. The zero-order chi connectivity index (χ0) is 18.2. The summed E-state index contributed by atoms with van der Waals surface area (Å²) in [7, 11) is 1.61. The number of rotatable bonds is 7. The molecule has 0 aliphatic heterocycles. The Hall–Kier alpha value is -2.12. The number of hydrogen-bond acceptors (Lipinski definition) is 6.